The molecule has 0 aromatic heterocycles. The summed E-state index contributed by atoms with van der Waals surface area (Å²) in [6.45, 7) is 12.4. The summed E-state index contributed by atoms with van der Waals surface area (Å²) >= 11 is 0. The Bertz CT molecular complexity index is 577. The topological polar surface area (TPSA) is 28.1 Å². The maximum Gasteiger partial charge on any atom is 0.165 e. The number of hydrogen-bond donors (Lipinski definition) is 0. The number of hydrogen-bond acceptors (Lipinski definition) is 1. The van der Waals surface area contributed by atoms with Gasteiger partial charge in [0.2, 0.25) is 0 Å². The summed E-state index contributed by atoms with van der Waals surface area (Å²) in [5, 5.41) is 9.74. The zero-order valence-electron chi connectivity index (χ0n) is 18.0. The van der Waals surface area contributed by atoms with E-state index in [-0.39, 0.29) is 0 Å². The van der Waals surface area contributed by atoms with Crippen molar-refractivity contribution in [3.05, 3.63) is 34.8 Å². The van der Waals surface area contributed by atoms with Gasteiger partial charge in [-0.25, -0.2) is 4.85 Å². The Morgan fingerprint density at radius 3 is 1.68 bits per heavy atom. The highest BCUT2D eigenvalue weighted by Crippen LogP contribution is 2.40. The third-order valence-electron chi connectivity index (χ3n) is 7.79. The van der Waals surface area contributed by atoms with Gasteiger partial charge in [0.15, 0.2) is 5.70 Å². The fraction of sp³-hybridized carbons (Fsp3) is 0.769. The fourth-order valence-corrected chi connectivity index (χ4v) is 5.63. The Morgan fingerprint density at radius 2 is 1.21 bits per heavy atom. The van der Waals surface area contributed by atoms with Crippen LogP contribution in [0.2, 0.25) is 0 Å². The Kier molecular flexibility index (Phi) is 7.79. The van der Waals surface area contributed by atoms with E-state index in [1.54, 1.807) is 0 Å². The molecule has 0 saturated heterocycles. The lowest BCUT2D eigenvalue weighted by Gasteiger charge is -2.30. The van der Waals surface area contributed by atoms with Crippen LogP contribution in [0.5, 0.6) is 0 Å². The number of rotatable bonds is 4. The molecule has 0 N–H and O–H groups in total. The quantitative estimate of drug-likeness (QED) is 0.364. The molecule has 0 heterocycles. The zero-order valence-corrected chi connectivity index (χ0v) is 18.0. The highest BCUT2D eigenvalue weighted by molar-refractivity contribution is 5.26. The molecule has 0 aromatic rings. The maximum absolute atomic E-state index is 9.74. The summed E-state index contributed by atoms with van der Waals surface area (Å²) in [6.07, 6.45) is 19.3. The summed E-state index contributed by atoms with van der Waals surface area (Å²) in [7, 11) is 0. The molecule has 2 heteroatoms. The van der Waals surface area contributed by atoms with Crippen LogP contribution in [-0.2, 0) is 0 Å². The van der Waals surface area contributed by atoms with E-state index in [4.69, 9.17) is 6.57 Å². The third kappa shape index (κ3) is 5.73. The average molecular weight is 379 g/mol. The molecule has 0 aromatic carbocycles. The van der Waals surface area contributed by atoms with Gasteiger partial charge in [-0.1, -0.05) is 64.5 Å². The van der Waals surface area contributed by atoms with Crippen molar-refractivity contribution in [3.8, 4) is 6.07 Å². The van der Waals surface area contributed by atoms with Crippen LogP contribution in [-0.4, -0.2) is 0 Å². The van der Waals surface area contributed by atoms with Crippen molar-refractivity contribution in [2.24, 2.45) is 35.5 Å². The summed E-state index contributed by atoms with van der Waals surface area (Å²) in [5.41, 5.74) is 2.08. The van der Waals surface area contributed by atoms with Crippen LogP contribution >= 0.6 is 0 Å². The molecular formula is C26H38N2. The molecule has 0 aliphatic heterocycles. The minimum atomic E-state index is 0.433. The molecule has 3 aliphatic carbocycles. The van der Waals surface area contributed by atoms with E-state index >= 15 is 0 Å². The molecule has 3 saturated carbocycles. The molecule has 28 heavy (non-hydrogen) atoms. The summed E-state index contributed by atoms with van der Waals surface area (Å²) < 4.78 is 0. The molecule has 3 rings (SSSR count). The largest absolute Gasteiger partial charge is 0.243 e. The number of nitrogens with zero attached hydrogens (tertiary/aromatic N) is 2. The first-order valence-corrected chi connectivity index (χ1v) is 11.8. The lowest BCUT2D eigenvalue weighted by molar-refractivity contribution is 0.314. The molecule has 3 fully saturated rings. The van der Waals surface area contributed by atoms with E-state index in [0.29, 0.717) is 23.7 Å². The molecule has 0 atom stereocenters. The Labute approximate surface area is 172 Å². The van der Waals surface area contributed by atoms with E-state index in [2.05, 4.69) is 36.9 Å². The molecule has 152 valence electrons. The average Bonchev–Trinajstić information content (AvgIpc) is 2.73. The second kappa shape index (κ2) is 10.3. The maximum atomic E-state index is 9.74. The fourth-order valence-electron chi connectivity index (χ4n) is 5.63. The second-order valence-corrected chi connectivity index (χ2v) is 10.0. The SMILES string of the molecule is [C-]#[N+]/C(=C\C1CCC(C)CC1)C1CCC(/C(C#N)=C/C2CCC(C)CC2)CC1. The van der Waals surface area contributed by atoms with Crippen LogP contribution in [0, 0.1) is 53.4 Å². The second-order valence-electron chi connectivity index (χ2n) is 10.0. The van der Waals surface area contributed by atoms with Crippen LogP contribution in [0.3, 0.4) is 0 Å². The molecule has 0 amide bonds. The Balaban J connectivity index is 1.55. The van der Waals surface area contributed by atoms with Crippen molar-refractivity contribution in [1.29, 1.82) is 5.26 Å². The zero-order chi connectivity index (χ0) is 19.9. The van der Waals surface area contributed by atoms with Gasteiger partial charge in [0.05, 0.1) is 12.6 Å². The van der Waals surface area contributed by atoms with Gasteiger partial charge in [0.25, 0.3) is 0 Å². The van der Waals surface area contributed by atoms with Gasteiger partial charge in [0.1, 0.15) is 0 Å². The third-order valence-corrected chi connectivity index (χ3v) is 7.79. The van der Waals surface area contributed by atoms with Gasteiger partial charge in [-0.3, -0.25) is 0 Å². The van der Waals surface area contributed by atoms with E-state index in [1.807, 2.05) is 0 Å². The highest BCUT2D eigenvalue weighted by Gasteiger charge is 2.28. The number of nitriles is 1. The van der Waals surface area contributed by atoms with Crippen LogP contribution < -0.4 is 0 Å². The van der Waals surface area contributed by atoms with Crippen LogP contribution in [0.1, 0.15) is 90.9 Å². The minimum absolute atomic E-state index is 0.433. The van der Waals surface area contributed by atoms with Crippen molar-refractivity contribution in [3.63, 3.8) is 0 Å². The number of allylic oxidation sites excluding steroid dienone is 4. The predicted molar refractivity (Wildman–Crippen MR) is 116 cm³/mol. The van der Waals surface area contributed by atoms with E-state index in [1.165, 1.54) is 51.4 Å². The summed E-state index contributed by atoms with van der Waals surface area (Å²) in [4.78, 5) is 3.95. The molecule has 0 unspecified atom stereocenters. The summed E-state index contributed by atoms with van der Waals surface area (Å²) in [6, 6.07) is 2.54. The van der Waals surface area contributed by atoms with Gasteiger partial charge >= 0.3 is 0 Å². The standard InChI is InChI=1S/C26H38N2/c1-19-4-8-21(9-5-19)16-25(18-27)23-12-14-24(15-13-23)26(28-3)17-22-10-6-20(2)7-11-22/h16-17,19-24H,4-15H2,1-2H3/b25-16+,26-17-. The lowest BCUT2D eigenvalue weighted by atomic mass is 9.74. The summed E-state index contributed by atoms with van der Waals surface area (Å²) in [5.74, 6) is 3.83. The first-order valence-electron chi connectivity index (χ1n) is 11.8. The van der Waals surface area contributed by atoms with Crippen molar-refractivity contribution in [2.75, 3.05) is 0 Å². The first kappa shape index (κ1) is 21.2. The van der Waals surface area contributed by atoms with Crippen molar-refractivity contribution < 1.29 is 0 Å². The molecule has 2 nitrogen and oxygen atoms in total. The molecule has 0 radical (unpaired) electrons. The van der Waals surface area contributed by atoms with Crippen LogP contribution in [0.15, 0.2) is 23.4 Å². The molecule has 3 aliphatic rings. The van der Waals surface area contributed by atoms with Crippen molar-refractivity contribution in [1.82, 2.24) is 0 Å². The normalized spacial score (nSPS) is 37.7. The van der Waals surface area contributed by atoms with Gasteiger partial charge in [-0.2, -0.15) is 5.26 Å². The monoisotopic (exact) mass is 378 g/mol. The van der Waals surface area contributed by atoms with Gasteiger partial charge in [-0.05, 0) is 74.0 Å². The molecular weight excluding hydrogens is 340 g/mol. The van der Waals surface area contributed by atoms with Crippen LogP contribution in [0.25, 0.3) is 4.85 Å². The van der Waals surface area contributed by atoms with Crippen LogP contribution in [0.4, 0.5) is 0 Å². The molecule has 0 spiro atoms. The van der Waals surface area contributed by atoms with Crippen molar-refractivity contribution in [2.45, 2.75) is 90.9 Å². The van der Waals surface area contributed by atoms with Crippen molar-refractivity contribution >= 4 is 0 Å². The first-order chi connectivity index (χ1) is 13.6. The minimum Gasteiger partial charge on any atom is -0.243 e. The molecule has 0 bridgehead atoms. The van der Waals surface area contributed by atoms with Gasteiger partial charge < -0.3 is 0 Å². The van der Waals surface area contributed by atoms with Gasteiger partial charge in [-0.15, -0.1) is 0 Å². The van der Waals surface area contributed by atoms with E-state index in [0.717, 1.165) is 48.8 Å². The van der Waals surface area contributed by atoms with E-state index in [9.17, 15) is 5.26 Å². The highest BCUT2D eigenvalue weighted by atomic mass is 14.7. The van der Waals surface area contributed by atoms with Gasteiger partial charge in [0, 0.05) is 5.57 Å². The predicted octanol–water partition coefficient (Wildman–Crippen LogP) is 7.70. The van der Waals surface area contributed by atoms with E-state index < -0.39 is 0 Å². The lowest BCUT2D eigenvalue weighted by Crippen LogP contribution is -2.19. The smallest absolute Gasteiger partial charge is 0.165 e. The Morgan fingerprint density at radius 1 is 0.750 bits per heavy atom. The Hall–Kier alpha value is -1.54.